The molecule has 0 aliphatic carbocycles. The molecule has 2 aromatic rings. The number of carboxylic acids is 1. The maximum absolute atomic E-state index is 12.3. The molecule has 0 radical (unpaired) electrons. The minimum atomic E-state index is -0.724. The zero-order chi connectivity index (χ0) is 18.6. The minimum absolute atomic E-state index is 0.248. The number of ketones is 1. The summed E-state index contributed by atoms with van der Waals surface area (Å²) in [6.07, 6.45) is 8.71. The first kappa shape index (κ1) is 20.4. The highest BCUT2D eigenvalue weighted by Crippen LogP contribution is 2.21. The van der Waals surface area contributed by atoms with E-state index >= 15 is 0 Å². The van der Waals surface area contributed by atoms with Gasteiger partial charge in [0.2, 0.25) is 0 Å². The van der Waals surface area contributed by atoms with E-state index in [1.165, 1.54) is 10.4 Å². The summed E-state index contributed by atoms with van der Waals surface area (Å²) >= 11 is 1.60. The summed E-state index contributed by atoms with van der Waals surface area (Å²) in [7, 11) is 0. The van der Waals surface area contributed by atoms with Gasteiger partial charge in [-0.1, -0.05) is 43.2 Å². The Morgan fingerprint density at radius 2 is 1.46 bits per heavy atom. The van der Waals surface area contributed by atoms with Crippen molar-refractivity contribution in [1.29, 1.82) is 0 Å². The van der Waals surface area contributed by atoms with Crippen LogP contribution in [0.1, 0.15) is 71.5 Å². The van der Waals surface area contributed by atoms with Crippen molar-refractivity contribution in [1.82, 2.24) is 0 Å². The van der Waals surface area contributed by atoms with E-state index in [1.54, 1.807) is 11.3 Å². The number of benzene rings is 1. The molecule has 1 heterocycles. The lowest BCUT2D eigenvalue weighted by atomic mass is 10.0. The fourth-order valence-electron chi connectivity index (χ4n) is 2.97. The summed E-state index contributed by atoms with van der Waals surface area (Å²) < 4.78 is 0. The summed E-state index contributed by atoms with van der Waals surface area (Å²) in [4.78, 5) is 24.9. The van der Waals surface area contributed by atoms with Gasteiger partial charge in [-0.15, -0.1) is 11.3 Å². The molecule has 0 aliphatic heterocycles. The van der Waals surface area contributed by atoms with Crippen molar-refractivity contribution < 1.29 is 14.7 Å². The molecule has 1 aromatic carbocycles. The van der Waals surface area contributed by atoms with Gasteiger partial charge in [0.25, 0.3) is 0 Å². The molecule has 26 heavy (non-hydrogen) atoms. The third-order valence-electron chi connectivity index (χ3n) is 4.46. The number of rotatable bonds is 13. The van der Waals surface area contributed by atoms with Crippen LogP contribution in [0.15, 0.2) is 42.5 Å². The minimum Gasteiger partial charge on any atom is -0.481 e. The van der Waals surface area contributed by atoms with E-state index in [1.807, 2.05) is 18.2 Å². The van der Waals surface area contributed by atoms with Crippen molar-refractivity contribution in [3.63, 3.8) is 0 Å². The van der Waals surface area contributed by atoms with Crippen LogP contribution in [-0.2, 0) is 17.6 Å². The summed E-state index contributed by atoms with van der Waals surface area (Å²) in [5.41, 5.74) is 1.37. The Labute approximate surface area is 160 Å². The first-order chi connectivity index (χ1) is 12.6. The third kappa shape index (κ3) is 7.96. The van der Waals surface area contributed by atoms with Gasteiger partial charge in [0, 0.05) is 17.7 Å². The lowest BCUT2D eigenvalue weighted by Gasteiger charge is -2.01. The van der Waals surface area contributed by atoms with Crippen molar-refractivity contribution in [2.45, 2.75) is 64.2 Å². The highest BCUT2D eigenvalue weighted by Gasteiger charge is 2.09. The molecule has 3 nitrogen and oxygen atoms in total. The molecule has 2 rings (SSSR count). The normalized spacial score (nSPS) is 10.8. The molecule has 0 bridgehead atoms. The fourth-order valence-corrected chi connectivity index (χ4v) is 3.99. The number of thiophene rings is 1. The van der Waals surface area contributed by atoms with Gasteiger partial charge in [-0.2, -0.15) is 0 Å². The van der Waals surface area contributed by atoms with Crippen LogP contribution in [0.2, 0.25) is 0 Å². The van der Waals surface area contributed by atoms with Crippen LogP contribution in [0.4, 0.5) is 0 Å². The van der Waals surface area contributed by atoms with Gasteiger partial charge in [0.05, 0.1) is 4.88 Å². The van der Waals surface area contributed by atoms with E-state index in [0.717, 1.165) is 56.2 Å². The van der Waals surface area contributed by atoms with Crippen molar-refractivity contribution in [3.8, 4) is 0 Å². The van der Waals surface area contributed by atoms with Crippen LogP contribution in [0.25, 0.3) is 0 Å². The van der Waals surface area contributed by atoms with Gasteiger partial charge in [0.15, 0.2) is 5.78 Å². The van der Waals surface area contributed by atoms with E-state index in [0.29, 0.717) is 6.42 Å². The molecule has 0 fully saturated rings. The number of Topliss-reactive ketones (excluding diaryl/α,β-unsaturated/α-hetero) is 1. The van der Waals surface area contributed by atoms with Gasteiger partial charge in [-0.05, 0) is 56.2 Å². The van der Waals surface area contributed by atoms with Crippen molar-refractivity contribution in [2.75, 3.05) is 0 Å². The fraction of sp³-hybridized carbons (Fsp3) is 0.455. The average Bonchev–Trinajstić information content (AvgIpc) is 3.10. The molecule has 4 heteroatoms. The number of hydrogen-bond acceptors (Lipinski definition) is 3. The standard InChI is InChI=1S/C22H28O3S/c23-20(14-8-2-6-12-18-10-4-1-5-11-18)21-17-16-19(26-21)13-7-3-9-15-22(24)25/h1,4-5,10-11,16-17H,2-3,6-9,12-15H2,(H,24,25). The first-order valence-corrected chi connectivity index (χ1v) is 10.3. The predicted molar refractivity (Wildman–Crippen MR) is 107 cm³/mol. The number of aliphatic carboxylic acids is 1. The second-order valence-corrected chi connectivity index (χ2v) is 7.86. The van der Waals surface area contributed by atoms with Crippen LogP contribution in [0.3, 0.4) is 0 Å². The molecule has 0 amide bonds. The predicted octanol–water partition coefficient (Wildman–Crippen LogP) is 5.92. The molecule has 140 valence electrons. The molecule has 1 aromatic heterocycles. The second kappa shape index (κ2) is 11.6. The third-order valence-corrected chi connectivity index (χ3v) is 5.65. The molecule has 0 atom stereocenters. The van der Waals surface area contributed by atoms with E-state index in [-0.39, 0.29) is 12.2 Å². The molecule has 0 spiro atoms. The monoisotopic (exact) mass is 372 g/mol. The maximum Gasteiger partial charge on any atom is 0.303 e. The van der Waals surface area contributed by atoms with Crippen molar-refractivity contribution in [2.24, 2.45) is 0 Å². The van der Waals surface area contributed by atoms with E-state index in [4.69, 9.17) is 5.11 Å². The van der Waals surface area contributed by atoms with Crippen LogP contribution in [0.5, 0.6) is 0 Å². The largest absolute Gasteiger partial charge is 0.481 e. The zero-order valence-electron chi connectivity index (χ0n) is 15.3. The van der Waals surface area contributed by atoms with E-state index in [2.05, 4.69) is 24.3 Å². The quantitative estimate of drug-likeness (QED) is 0.351. The highest BCUT2D eigenvalue weighted by atomic mass is 32.1. The van der Waals surface area contributed by atoms with Gasteiger partial charge in [-0.3, -0.25) is 9.59 Å². The van der Waals surface area contributed by atoms with Crippen molar-refractivity contribution >= 4 is 23.1 Å². The van der Waals surface area contributed by atoms with Gasteiger partial charge in [0.1, 0.15) is 0 Å². The van der Waals surface area contributed by atoms with Crippen LogP contribution < -0.4 is 0 Å². The maximum atomic E-state index is 12.3. The average molecular weight is 373 g/mol. The van der Waals surface area contributed by atoms with Crippen LogP contribution >= 0.6 is 11.3 Å². The zero-order valence-corrected chi connectivity index (χ0v) is 16.1. The van der Waals surface area contributed by atoms with Crippen LogP contribution in [-0.4, -0.2) is 16.9 Å². The summed E-state index contributed by atoms with van der Waals surface area (Å²) in [6, 6.07) is 14.5. The van der Waals surface area contributed by atoms with E-state index < -0.39 is 5.97 Å². The SMILES string of the molecule is O=C(O)CCCCCc1ccc(C(=O)CCCCCc2ccccc2)s1. The van der Waals surface area contributed by atoms with Crippen LogP contribution in [0, 0.1) is 0 Å². The molecule has 1 N–H and O–H groups in total. The highest BCUT2D eigenvalue weighted by molar-refractivity contribution is 7.14. The Kier molecular flexibility index (Phi) is 9.11. The second-order valence-electron chi connectivity index (χ2n) is 6.69. The molecule has 0 saturated carbocycles. The van der Waals surface area contributed by atoms with Gasteiger partial charge >= 0.3 is 5.97 Å². The smallest absolute Gasteiger partial charge is 0.303 e. The number of carboxylic acid groups (broad SMARTS) is 1. The number of carbonyl (C=O) groups excluding carboxylic acids is 1. The lowest BCUT2D eigenvalue weighted by Crippen LogP contribution is -1.96. The topological polar surface area (TPSA) is 54.4 Å². The number of carbonyl (C=O) groups is 2. The Balaban J connectivity index is 1.59. The summed E-state index contributed by atoms with van der Waals surface area (Å²) in [5.74, 6) is -0.468. The molecular formula is C22H28O3S. The van der Waals surface area contributed by atoms with Crippen molar-refractivity contribution in [3.05, 3.63) is 57.8 Å². The van der Waals surface area contributed by atoms with Gasteiger partial charge in [-0.25, -0.2) is 0 Å². The number of hydrogen-bond donors (Lipinski definition) is 1. The molecule has 0 saturated heterocycles. The number of aryl methyl sites for hydroxylation is 2. The van der Waals surface area contributed by atoms with Gasteiger partial charge < -0.3 is 5.11 Å². The Morgan fingerprint density at radius 1 is 0.769 bits per heavy atom. The molecular weight excluding hydrogens is 344 g/mol. The first-order valence-electron chi connectivity index (χ1n) is 9.53. The Morgan fingerprint density at radius 3 is 2.19 bits per heavy atom. The Bertz CT molecular complexity index is 676. The Hall–Kier alpha value is -1.94. The van der Waals surface area contributed by atoms with E-state index in [9.17, 15) is 9.59 Å². The summed E-state index contributed by atoms with van der Waals surface area (Å²) in [6.45, 7) is 0. The lowest BCUT2D eigenvalue weighted by molar-refractivity contribution is -0.137. The molecule has 0 unspecified atom stereocenters. The molecule has 0 aliphatic rings. The number of unbranched alkanes of at least 4 members (excludes halogenated alkanes) is 4. The summed E-state index contributed by atoms with van der Waals surface area (Å²) in [5, 5.41) is 8.62.